The van der Waals surface area contributed by atoms with Crippen LogP contribution in [0.25, 0.3) is 0 Å². The van der Waals surface area contributed by atoms with Gasteiger partial charge in [0.25, 0.3) is 0 Å². The summed E-state index contributed by atoms with van der Waals surface area (Å²) in [5.74, 6) is -0.149. The lowest BCUT2D eigenvalue weighted by Crippen LogP contribution is -2.10. The van der Waals surface area contributed by atoms with Crippen molar-refractivity contribution < 1.29 is 9.90 Å². The van der Waals surface area contributed by atoms with Crippen LogP contribution in [0.3, 0.4) is 0 Å². The van der Waals surface area contributed by atoms with Crippen molar-refractivity contribution in [3.05, 3.63) is 65.2 Å². The Bertz CT molecular complexity index is 576. The van der Waals surface area contributed by atoms with Crippen LogP contribution in [-0.4, -0.2) is 11.0 Å². The zero-order valence-electron chi connectivity index (χ0n) is 11.1. The Kier molecular flexibility index (Phi) is 3.97. The van der Waals surface area contributed by atoms with Crippen molar-refractivity contribution in [2.45, 2.75) is 20.0 Å². The van der Waals surface area contributed by atoms with Gasteiger partial charge in [-0.25, -0.2) is 0 Å². The van der Waals surface area contributed by atoms with E-state index in [0.29, 0.717) is 11.3 Å². The highest BCUT2D eigenvalue weighted by Gasteiger charge is 2.14. The Morgan fingerprint density at radius 3 is 2.37 bits per heavy atom. The lowest BCUT2D eigenvalue weighted by molar-refractivity contribution is -0.114. The van der Waals surface area contributed by atoms with E-state index in [9.17, 15) is 9.90 Å². The number of amides is 1. The maximum atomic E-state index is 11.2. The quantitative estimate of drug-likeness (QED) is 0.885. The summed E-state index contributed by atoms with van der Waals surface area (Å²) >= 11 is 0. The summed E-state index contributed by atoms with van der Waals surface area (Å²) in [4.78, 5) is 11.2. The van der Waals surface area contributed by atoms with E-state index in [4.69, 9.17) is 0 Å². The number of aliphatic hydroxyl groups is 1. The van der Waals surface area contributed by atoms with Crippen molar-refractivity contribution in [2.75, 3.05) is 5.32 Å². The molecule has 0 spiro atoms. The molecule has 19 heavy (non-hydrogen) atoms. The molecule has 0 bridgehead atoms. The Morgan fingerprint density at radius 2 is 1.74 bits per heavy atom. The molecule has 0 radical (unpaired) electrons. The SMILES string of the molecule is CC(=O)Nc1ccccc1C(O)c1ccc(C)cc1. The predicted molar refractivity (Wildman–Crippen MR) is 76.0 cm³/mol. The molecule has 0 saturated heterocycles. The molecular formula is C16H17NO2. The van der Waals surface area contributed by atoms with Crippen molar-refractivity contribution in [1.29, 1.82) is 0 Å². The largest absolute Gasteiger partial charge is 0.384 e. The van der Waals surface area contributed by atoms with Gasteiger partial charge in [-0.1, -0.05) is 48.0 Å². The number of carbonyl (C=O) groups excluding carboxylic acids is 1. The second-order valence-electron chi connectivity index (χ2n) is 4.58. The third kappa shape index (κ3) is 3.20. The zero-order valence-corrected chi connectivity index (χ0v) is 11.1. The van der Waals surface area contributed by atoms with E-state index in [0.717, 1.165) is 11.1 Å². The fourth-order valence-corrected chi connectivity index (χ4v) is 1.97. The van der Waals surface area contributed by atoms with Gasteiger partial charge in [0, 0.05) is 18.2 Å². The fraction of sp³-hybridized carbons (Fsp3) is 0.188. The number of para-hydroxylation sites is 1. The van der Waals surface area contributed by atoms with E-state index < -0.39 is 6.10 Å². The van der Waals surface area contributed by atoms with Crippen LogP contribution in [0, 0.1) is 6.92 Å². The minimum Gasteiger partial charge on any atom is -0.384 e. The third-order valence-corrected chi connectivity index (χ3v) is 2.96. The second-order valence-corrected chi connectivity index (χ2v) is 4.58. The lowest BCUT2D eigenvalue weighted by Gasteiger charge is -2.16. The van der Waals surface area contributed by atoms with Crippen LogP contribution in [0.1, 0.15) is 29.7 Å². The van der Waals surface area contributed by atoms with Gasteiger partial charge in [-0.05, 0) is 18.6 Å². The highest BCUT2D eigenvalue weighted by Crippen LogP contribution is 2.28. The number of anilines is 1. The third-order valence-electron chi connectivity index (χ3n) is 2.96. The highest BCUT2D eigenvalue weighted by atomic mass is 16.3. The second kappa shape index (κ2) is 5.67. The topological polar surface area (TPSA) is 49.3 Å². The smallest absolute Gasteiger partial charge is 0.221 e. The van der Waals surface area contributed by atoms with Gasteiger partial charge in [-0.15, -0.1) is 0 Å². The number of aliphatic hydroxyl groups excluding tert-OH is 1. The summed E-state index contributed by atoms with van der Waals surface area (Å²) in [6.07, 6.45) is -0.747. The first-order chi connectivity index (χ1) is 9.08. The molecule has 3 heteroatoms. The number of hydrogen-bond acceptors (Lipinski definition) is 2. The zero-order chi connectivity index (χ0) is 13.8. The standard InChI is InChI=1S/C16H17NO2/c1-11-7-9-13(10-8-11)16(19)14-5-3-4-6-15(14)17-12(2)18/h3-10,16,19H,1-2H3,(H,17,18). The molecule has 1 unspecified atom stereocenters. The Labute approximate surface area is 112 Å². The Hall–Kier alpha value is -2.13. The average Bonchev–Trinajstić information content (AvgIpc) is 2.39. The van der Waals surface area contributed by atoms with Crippen LogP contribution in [0.15, 0.2) is 48.5 Å². The molecule has 98 valence electrons. The van der Waals surface area contributed by atoms with E-state index in [1.54, 1.807) is 6.07 Å². The van der Waals surface area contributed by atoms with Crippen LogP contribution in [0.5, 0.6) is 0 Å². The predicted octanol–water partition coefficient (Wildman–Crippen LogP) is 3.04. The number of aryl methyl sites for hydroxylation is 1. The van der Waals surface area contributed by atoms with Gasteiger partial charge in [0.05, 0.1) is 0 Å². The molecule has 0 heterocycles. The Balaban J connectivity index is 2.35. The van der Waals surface area contributed by atoms with E-state index >= 15 is 0 Å². The molecule has 0 aliphatic carbocycles. The molecule has 0 aliphatic rings. The monoisotopic (exact) mass is 255 g/mol. The minimum atomic E-state index is -0.747. The molecule has 1 amide bonds. The van der Waals surface area contributed by atoms with Crippen LogP contribution < -0.4 is 5.32 Å². The summed E-state index contributed by atoms with van der Waals surface area (Å²) in [7, 11) is 0. The lowest BCUT2D eigenvalue weighted by atomic mass is 9.99. The molecule has 0 saturated carbocycles. The van der Waals surface area contributed by atoms with Crippen molar-refractivity contribution >= 4 is 11.6 Å². The van der Waals surface area contributed by atoms with E-state index in [1.807, 2.05) is 49.4 Å². The highest BCUT2D eigenvalue weighted by molar-refractivity contribution is 5.89. The number of nitrogens with one attached hydrogen (secondary N) is 1. The summed E-state index contributed by atoms with van der Waals surface area (Å²) < 4.78 is 0. The first kappa shape index (κ1) is 13.3. The maximum Gasteiger partial charge on any atom is 0.221 e. The molecule has 2 N–H and O–H groups in total. The maximum absolute atomic E-state index is 11.2. The van der Waals surface area contributed by atoms with Crippen molar-refractivity contribution in [1.82, 2.24) is 0 Å². The number of hydrogen-bond donors (Lipinski definition) is 2. The van der Waals surface area contributed by atoms with E-state index in [-0.39, 0.29) is 5.91 Å². The normalized spacial score (nSPS) is 11.9. The number of rotatable bonds is 3. The molecule has 0 aliphatic heterocycles. The van der Waals surface area contributed by atoms with Crippen LogP contribution >= 0.6 is 0 Å². The van der Waals surface area contributed by atoms with Gasteiger partial charge < -0.3 is 10.4 Å². The van der Waals surface area contributed by atoms with Gasteiger partial charge >= 0.3 is 0 Å². The molecule has 3 nitrogen and oxygen atoms in total. The molecular weight excluding hydrogens is 238 g/mol. The molecule has 2 rings (SSSR count). The summed E-state index contributed by atoms with van der Waals surface area (Å²) in [5, 5.41) is 13.2. The van der Waals surface area contributed by atoms with Crippen molar-refractivity contribution in [2.24, 2.45) is 0 Å². The molecule has 0 fully saturated rings. The van der Waals surface area contributed by atoms with Gasteiger partial charge in [0.2, 0.25) is 5.91 Å². The average molecular weight is 255 g/mol. The molecule has 1 atom stereocenters. The van der Waals surface area contributed by atoms with Crippen LogP contribution in [0.4, 0.5) is 5.69 Å². The number of carbonyl (C=O) groups is 1. The van der Waals surface area contributed by atoms with Gasteiger partial charge in [-0.2, -0.15) is 0 Å². The Morgan fingerprint density at radius 1 is 1.11 bits per heavy atom. The first-order valence-electron chi connectivity index (χ1n) is 6.19. The van der Waals surface area contributed by atoms with Gasteiger partial charge in [0.15, 0.2) is 0 Å². The van der Waals surface area contributed by atoms with E-state index in [2.05, 4.69) is 5.32 Å². The summed E-state index contributed by atoms with van der Waals surface area (Å²) in [6.45, 7) is 3.45. The molecule has 2 aromatic rings. The fourth-order valence-electron chi connectivity index (χ4n) is 1.97. The van der Waals surface area contributed by atoms with Crippen molar-refractivity contribution in [3.63, 3.8) is 0 Å². The van der Waals surface area contributed by atoms with Gasteiger partial charge in [0.1, 0.15) is 6.10 Å². The summed E-state index contributed by atoms with van der Waals surface area (Å²) in [6, 6.07) is 15.0. The van der Waals surface area contributed by atoms with Crippen LogP contribution in [-0.2, 0) is 4.79 Å². The van der Waals surface area contributed by atoms with E-state index in [1.165, 1.54) is 6.92 Å². The first-order valence-corrected chi connectivity index (χ1v) is 6.19. The van der Waals surface area contributed by atoms with Gasteiger partial charge in [-0.3, -0.25) is 4.79 Å². The number of benzene rings is 2. The van der Waals surface area contributed by atoms with Crippen LogP contribution in [0.2, 0.25) is 0 Å². The minimum absolute atomic E-state index is 0.149. The van der Waals surface area contributed by atoms with Crippen molar-refractivity contribution in [3.8, 4) is 0 Å². The molecule has 2 aromatic carbocycles. The summed E-state index contributed by atoms with van der Waals surface area (Å²) in [5.41, 5.74) is 3.29. The molecule has 0 aromatic heterocycles.